The van der Waals surface area contributed by atoms with Gasteiger partial charge in [-0.3, -0.25) is 4.72 Å². The van der Waals surface area contributed by atoms with Crippen molar-refractivity contribution in [3.63, 3.8) is 0 Å². The molecule has 0 unspecified atom stereocenters. The number of hydrogen-bond donors (Lipinski definition) is 2. The molecule has 0 bridgehead atoms. The number of nitrogens with one attached hydrogen (secondary N) is 1. The minimum atomic E-state index is -3.74. The first-order chi connectivity index (χ1) is 9.70. The summed E-state index contributed by atoms with van der Waals surface area (Å²) in [6.45, 7) is 1.74. The molecule has 112 valence electrons. The number of anilines is 2. The van der Waals surface area contributed by atoms with Gasteiger partial charge >= 0.3 is 0 Å². The predicted octanol–water partition coefficient (Wildman–Crippen LogP) is 4.45. The van der Waals surface area contributed by atoms with E-state index in [4.69, 9.17) is 28.9 Å². The first kappa shape index (κ1) is 16.4. The molecule has 0 spiro atoms. The second-order valence-corrected chi connectivity index (χ2v) is 7.72. The van der Waals surface area contributed by atoms with Gasteiger partial charge in [-0.05, 0) is 58.7 Å². The fourth-order valence-electron chi connectivity index (χ4n) is 1.66. The van der Waals surface area contributed by atoms with Crippen molar-refractivity contribution in [1.29, 1.82) is 0 Å². The second-order valence-electron chi connectivity index (χ2n) is 4.37. The van der Waals surface area contributed by atoms with E-state index in [1.807, 2.05) is 0 Å². The van der Waals surface area contributed by atoms with Crippen LogP contribution in [0.4, 0.5) is 11.4 Å². The van der Waals surface area contributed by atoms with Crippen LogP contribution in [0.25, 0.3) is 0 Å². The Kier molecular flexibility index (Phi) is 4.72. The zero-order valence-electron chi connectivity index (χ0n) is 10.8. The largest absolute Gasteiger partial charge is 0.398 e. The SMILES string of the molecule is Cc1cc(N)c(Cl)cc1NS(=O)(=O)c1ccc(Cl)c(Br)c1. The van der Waals surface area contributed by atoms with E-state index in [0.717, 1.165) is 0 Å². The van der Waals surface area contributed by atoms with Crippen LogP contribution >= 0.6 is 39.1 Å². The summed E-state index contributed by atoms with van der Waals surface area (Å²) < 4.78 is 27.7. The molecule has 2 aromatic carbocycles. The molecule has 0 aliphatic rings. The number of sulfonamides is 1. The van der Waals surface area contributed by atoms with Crippen molar-refractivity contribution >= 4 is 60.5 Å². The molecule has 0 fully saturated rings. The summed E-state index contributed by atoms with van der Waals surface area (Å²) in [4.78, 5) is 0.0890. The summed E-state index contributed by atoms with van der Waals surface area (Å²) in [5.41, 5.74) is 7.12. The van der Waals surface area contributed by atoms with Crippen LogP contribution in [0.5, 0.6) is 0 Å². The Morgan fingerprint density at radius 1 is 1.14 bits per heavy atom. The van der Waals surface area contributed by atoms with Gasteiger partial charge in [0.05, 0.1) is 26.3 Å². The first-order valence-electron chi connectivity index (χ1n) is 5.74. The molecule has 0 aromatic heterocycles. The summed E-state index contributed by atoms with van der Waals surface area (Å²) >= 11 is 15.0. The Morgan fingerprint density at radius 3 is 2.43 bits per heavy atom. The highest BCUT2D eigenvalue weighted by Gasteiger charge is 2.17. The molecule has 3 N–H and O–H groups in total. The normalized spacial score (nSPS) is 11.4. The lowest BCUT2D eigenvalue weighted by Gasteiger charge is -2.12. The van der Waals surface area contributed by atoms with E-state index in [1.54, 1.807) is 13.0 Å². The second kappa shape index (κ2) is 6.04. The van der Waals surface area contributed by atoms with Gasteiger partial charge in [0, 0.05) is 4.47 Å². The third-order valence-electron chi connectivity index (χ3n) is 2.79. The molecule has 0 saturated heterocycles. The van der Waals surface area contributed by atoms with Gasteiger partial charge in [-0.15, -0.1) is 0 Å². The van der Waals surface area contributed by atoms with Crippen LogP contribution in [0.3, 0.4) is 0 Å². The fourth-order valence-corrected chi connectivity index (χ4v) is 3.62. The maximum atomic E-state index is 12.4. The molecular weight excluding hydrogens is 399 g/mol. The van der Waals surface area contributed by atoms with Crippen molar-refractivity contribution in [3.05, 3.63) is 50.4 Å². The minimum absolute atomic E-state index is 0.0890. The molecule has 0 aliphatic carbocycles. The average molecular weight is 410 g/mol. The Morgan fingerprint density at radius 2 is 1.81 bits per heavy atom. The van der Waals surface area contributed by atoms with E-state index in [1.165, 1.54) is 24.3 Å². The van der Waals surface area contributed by atoms with Gasteiger partial charge in [0.15, 0.2) is 0 Å². The van der Waals surface area contributed by atoms with Gasteiger partial charge < -0.3 is 5.73 Å². The van der Waals surface area contributed by atoms with Crippen LogP contribution < -0.4 is 10.5 Å². The quantitative estimate of drug-likeness (QED) is 0.735. The molecular formula is C13H11BrCl2N2O2S. The molecule has 0 atom stereocenters. The third kappa shape index (κ3) is 3.63. The van der Waals surface area contributed by atoms with Gasteiger partial charge in [-0.1, -0.05) is 23.2 Å². The van der Waals surface area contributed by atoms with Crippen molar-refractivity contribution < 1.29 is 8.42 Å². The molecule has 0 saturated carbocycles. The summed E-state index contributed by atoms with van der Waals surface area (Å²) in [6.07, 6.45) is 0. The lowest BCUT2D eigenvalue weighted by molar-refractivity contribution is 0.601. The highest BCUT2D eigenvalue weighted by Crippen LogP contribution is 2.30. The lowest BCUT2D eigenvalue weighted by atomic mass is 10.2. The summed E-state index contributed by atoms with van der Waals surface area (Å²) in [7, 11) is -3.74. The van der Waals surface area contributed by atoms with Crippen molar-refractivity contribution in [2.24, 2.45) is 0 Å². The van der Waals surface area contributed by atoms with Crippen LogP contribution in [0.15, 0.2) is 39.7 Å². The molecule has 2 rings (SSSR count). The maximum Gasteiger partial charge on any atom is 0.261 e. The number of hydrogen-bond acceptors (Lipinski definition) is 3. The number of rotatable bonds is 3. The van der Waals surface area contributed by atoms with Crippen LogP contribution in [0, 0.1) is 6.92 Å². The molecule has 21 heavy (non-hydrogen) atoms. The number of aryl methyl sites for hydroxylation is 1. The summed E-state index contributed by atoms with van der Waals surface area (Å²) in [5.74, 6) is 0. The van der Waals surface area contributed by atoms with Crippen molar-refractivity contribution in [2.45, 2.75) is 11.8 Å². The number of nitrogens with two attached hydrogens (primary N) is 1. The molecule has 0 aliphatic heterocycles. The molecule has 2 aromatic rings. The van der Waals surface area contributed by atoms with Crippen LogP contribution in [-0.2, 0) is 10.0 Å². The van der Waals surface area contributed by atoms with Gasteiger partial charge in [0.25, 0.3) is 10.0 Å². The van der Waals surface area contributed by atoms with Gasteiger partial charge in [0.2, 0.25) is 0 Å². The van der Waals surface area contributed by atoms with E-state index in [2.05, 4.69) is 20.7 Å². The topological polar surface area (TPSA) is 72.2 Å². The molecule has 0 heterocycles. The Balaban J connectivity index is 2.42. The van der Waals surface area contributed by atoms with E-state index in [0.29, 0.717) is 26.4 Å². The van der Waals surface area contributed by atoms with E-state index in [-0.39, 0.29) is 9.92 Å². The number of nitrogen functional groups attached to an aromatic ring is 1. The first-order valence-corrected chi connectivity index (χ1v) is 8.77. The summed E-state index contributed by atoms with van der Waals surface area (Å²) in [5, 5.41) is 0.719. The Labute approximate surface area is 141 Å². The molecule has 0 amide bonds. The fraction of sp³-hybridized carbons (Fsp3) is 0.0769. The standard InChI is InChI=1S/C13H11BrCl2N2O2S/c1-7-4-12(17)11(16)6-13(7)18-21(19,20)8-2-3-10(15)9(14)5-8/h2-6,18H,17H2,1H3. The smallest absolute Gasteiger partial charge is 0.261 e. The average Bonchev–Trinajstić information content (AvgIpc) is 2.39. The number of benzene rings is 2. The minimum Gasteiger partial charge on any atom is -0.398 e. The highest BCUT2D eigenvalue weighted by molar-refractivity contribution is 9.10. The Bertz CT molecular complexity index is 810. The molecule has 8 heteroatoms. The number of halogens is 3. The van der Waals surface area contributed by atoms with Crippen molar-refractivity contribution in [1.82, 2.24) is 0 Å². The maximum absolute atomic E-state index is 12.4. The van der Waals surface area contributed by atoms with Crippen LogP contribution in [-0.4, -0.2) is 8.42 Å². The zero-order chi connectivity index (χ0) is 15.8. The third-order valence-corrected chi connectivity index (χ3v) is 5.69. The van der Waals surface area contributed by atoms with E-state index in [9.17, 15) is 8.42 Å². The van der Waals surface area contributed by atoms with Crippen LogP contribution in [0.2, 0.25) is 10.0 Å². The van der Waals surface area contributed by atoms with Gasteiger partial charge in [0.1, 0.15) is 0 Å². The van der Waals surface area contributed by atoms with Gasteiger partial charge in [-0.25, -0.2) is 8.42 Å². The molecule has 4 nitrogen and oxygen atoms in total. The van der Waals surface area contributed by atoms with E-state index >= 15 is 0 Å². The predicted molar refractivity (Wildman–Crippen MR) is 90.6 cm³/mol. The van der Waals surface area contributed by atoms with E-state index < -0.39 is 10.0 Å². The van der Waals surface area contributed by atoms with Gasteiger partial charge in [-0.2, -0.15) is 0 Å². The highest BCUT2D eigenvalue weighted by atomic mass is 79.9. The summed E-state index contributed by atoms with van der Waals surface area (Å²) in [6, 6.07) is 7.44. The monoisotopic (exact) mass is 408 g/mol. The van der Waals surface area contributed by atoms with Crippen LogP contribution in [0.1, 0.15) is 5.56 Å². The zero-order valence-corrected chi connectivity index (χ0v) is 14.7. The lowest BCUT2D eigenvalue weighted by Crippen LogP contribution is -2.14. The van der Waals surface area contributed by atoms with Crippen molar-refractivity contribution in [2.75, 3.05) is 10.5 Å². The Hall–Kier alpha value is -0.950. The molecule has 0 radical (unpaired) electrons. The van der Waals surface area contributed by atoms with Crippen molar-refractivity contribution in [3.8, 4) is 0 Å².